The van der Waals surface area contributed by atoms with Crippen LogP contribution >= 0.6 is 0 Å². The van der Waals surface area contributed by atoms with Gasteiger partial charge in [-0.1, -0.05) is 0 Å². The molecule has 0 aromatic carbocycles. The fraction of sp³-hybridized carbons (Fsp3) is 1.00. The maximum absolute atomic E-state index is 10.4. The van der Waals surface area contributed by atoms with Crippen LogP contribution in [0.4, 0.5) is 17.6 Å². The normalized spacial score (nSPS) is 12.0. The fourth-order valence-corrected chi connectivity index (χ4v) is 0. The average molecular weight is 100 g/mol. The molecule has 0 fully saturated rings. The van der Waals surface area contributed by atoms with Gasteiger partial charge in [-0.3, -0.25) is 0 Å². The topological polar surface area (TPSA) is 0 Å². The summed E-state index contributed by atoms with van der Waals surface area (Å²) < 4.78 is 41.6. The predicted molar refractivity (Wildman–Crippen MR) is 12.0 cm³/mol. The summed E-state index contributed by atoms with van der Waals surface area (Å²) in [5.41, 5.74) is 0. The molecule has 0 saturated heterocycles. The highest BCUT2D eigenvalue weighted by molar-refractivity contribution is 4.39. The summed E-state index contributed by atoms with van der Waals surface area (Å²) in [6.07, 6.45) is -4.62. The summed E-state index contributed by atoms with van der Waals surface area (Å²) in [6, 6.07) is 0. The van der Waals surface area contributed by atoms with Crippen LogP contribution in [0.15, 0.2) is 0 Å². The summed E-state index contributed by atoms with van der Waals surface area (Å²) in [4.78, 5) is 0. The van der Waals surface area contributed by atoms with Crippen LogP contribution in [0.2, 0.25) is 0 Å². The van der Waals surface area contributed by atoms with Crippen molar-refractivity contribution in [3.8, 4) is 0 Å². The number of hydrogen-bond donors (Lipinski definition) is 0. The first-order valence-electron chi connectivity index (χ1n) is 1.19. The van der Waals surface area contributed by atoms with E-state index in [1.54, 1.807) is 0 Å². The first-order valence-corrected chi connectivity index (χ1v) is 1.19. The molecule has 0 unspecified atom stereocenters. The molecule has 0 aromatic heterocycles. The molecule has 6 heavy (non-hydrogen) atoms. The first kappa shape index (κ1) is 5.72. The number of halogens is 4. The van der Waals surface area contributed by atoms with Crippen molar-refractivity contribution in [2.24, 2.45) is 0 Å². The molecule has 0 aliphatic heterocycles. The van der Waals surface area contributed by atoms with E-state index in [1.807, 2.05) is 0 Å². The van der Waals surface area contributed by atoms with Crippen LogP contribution in [0.3, 0.4) is 0 Å². The smallest absolute Gasteiger partial charge is 0.241 e. The standard InChI is InChI=1S/C2H2F4/c3-1-2(4,5)6/h1H2/i3-2. The van der Waals surface area contributed by atoms with E-state index in [9.17, 15) is 17.6 Å². The minimum atomic E-state index is -4.62. The molecular formula is C2H2F4. The Hall–Kier alpha value is -0.280. The van der Waals surface area contributed by atoms with Gasteiger partial charge in [0.05, 0.1) is 0 Å². The quantitative estimate of drug-likeness (QED) is 0.405. The molecule has 0 radical (unpaired) electrons. The summed E-state index contributed by atoms with van der Waals surface area (Å²) in [6.45, 7) is -2.23. The Morgan fingerprint density at radius 1 is 1.33 bits per heavy atom. The second-order valence-electron chi connectivity index (χ2n) is 0.749. The lowest BCUT2D eigenvalue weighted by Gasteiger charge is -1.93. The third-order valence-electron chi connectivity index (χ3n) is 0.152. The van der Waals surface area contributed by atoms with Crippen molar-refractivity contribution in [2.75, 3.05) is 6.67 Å². The van der Waals surface area contributed by atoms with E-state index < -0.39 is 12.9 Å². The minimum Gasteiger partial charge on any atom is -0.241 e. The van der Waals surface area contributed by atoms with E-state index >= 15 is 0 Å². The Labute approximate surface area is 31.8 Å². The molecule has 0 N–H and O–H groups in total. The van der Waals surface area contributed by atoms with Crippen molar-refractivity contribution >= 4 is 0 Å². The second kappa shape index (κ2) is 1.45. The van der Waals surface area contributed by atoms with Gasteiger partial charge in [0.25, 0.3) is 0 Å². The van der Waals surface area contributed by atoms with Crippen molar-refractivity contribution in [1.82, 2.24) is 0 Å². The van der Waals surface area contributed by atoms with Crippen LogP contribution in [0.25, 0.3) is 0 Å². The molecule has 0 spiro atoms. The van der Waals surface area contributed by atoms with Gasteiger partial charge in [-0.15, -0.1) is 0 Å². The third kappa shape index (κ3) is 3.72. The van der Waals surface area contributed by atoms with Gasteiger partial charge in [0.15, 0.2) is 6.67 Å². The maximum atomic E-state index is 10.4. The maximum Gasteiger partial charge on any atom is 0.416 e. The van der Waals surface area contributed by atoms with Gasteiger partial charge in [-0.2, -0.15) is 13.2 Å². The summed E-state index contributed by atoms with van der Waals surface area (Å²) >= 11 is 0. The molecular weight excluding hydrogens is 98.0 g/mol. The van der Waals surface area contributed by atoms with E-state index in [1.165, 1.54) is 0 Å². The van der Waals surface area contributed by atoms with E-state index in [4.69, 9.17) is 0 Å². The highest BCUT2D eigenvalue weighted by Crippen LogP contribution is 2.13. The lowest BCUT2D eigenvalue weighted by atomic mass is 10.7. The summed E-state index contributed by atoms with van der Waals surface area (Å²) in [5.74, 6) is 0. The monoisotopic (exact) mass is 100 g/mol. The lowest BCUT2D eigenvalue weighted by Crippen LogP contribution is -2.08. The Balaban J connectivity index is 3.17. The number of rotatable bonds is 0. The van der Waals surface area contributed by atoms with Crippen molar-refractivity contribution in [3.05, 3.63) is 0 Å². The molecule has 0 nitrogen and oxygen atoms in total. The van der Waals surface area contributed by atoms with Crippen molar-refractivity contribution in [2.45, 2.75) is 6.18 Å². The molecule has 38 valence electrons. The summed E-state index contributed by atoms with van der Waals surface area (Å²) in [7, 11) is 0. The Morgan fingerprint density at radius 2 is 1.50 bits per heavy atom. The van der Waals surface area contributed by atoms with Gasteiger partial charge in [-0.25, -0.2) is 4.39 Å². The molecule has 0 aliphatic rings. The van der Waals surface area contributed by atoms with E-state index in [0.717, 1.165) is 0 Å². The Bertz CT molecular complexity index is 35.3. The molecule has 0 aromatic rings. The number of alkyl halides is 4. The number of hydrogen-bond acceptors (Lipinski definition) is 0. The highest BCUT2D eigenvalue weighted by Gasteiger charge is 2.26. The Kier molecular flexibility index (Phi) is 1.38. The molecule has 0 bridgehead atoms. The van der Waals surface area contributed by atoms with Crippen LogP contribution in [-0.2, 0) is 0 Å². The van der Waals surface area contributed by atoms with Gasteiger partial charge < -0.3 is 0 Å². The fourth-order valence-electron chi connectivity index (χ4n) is 0. The van der Waals surface area contributed by atoms with E-state index in [2.05, 4.69) is 0 Å². The van der Waals surface area contributed by atoms with Crippen LogP contribution in [0.5, 0.6) is 0 Å². The summed E-state index contributed by atoms with van der Waals surface area (Å²) in [5, 5.41) is 0. The molecule has 0 rings (SSSR count). The van der Waals surface area contributed by atoms with Crippen LogP contribution < -0.4 is 0 Å². The largest absolute Gasteiger partial charge is 0.416 e. The molecule has 0 atom stereocenters. The van der Waals surface area contributed by atoms with E-state index in [-0.39, 0.29) is 0 Å². The van der Waals surface area contributed by atoms with Crippen LogP contribution in [0, 0.1) is 0 Å². The lowest BCUT2D eigenvalue weighted by molar-refractivity contribution is -0.142. The molecule has 4 heteroatoms. The molecule has 0 heterocycles. The van der Waals surface area contributed by atoms with Gasteiger partial charge in [0, 0.05) is 0 Å². The van der Waals surface area contributed by atoms with Gasteiger partial charge in [0.2, 0.25) is 0 Å². The molecule has 0 saturated carbocycles. The zero-order valence-corrected chi connectivity index (χ0v) is 2.72. The van der Waals surface area contributed by atoms with E-state index in [0.29, 0.717) is 0 Å². The van der Waals surface area contributed by atoms with Gasteiger partial charge in [-0.05, 0) is 0 Å². The Morgan fingerprint density at radius 3 is 1.50 bits per heavy atom. The minimum absolute atomic E-state index is 2.23. The predicted octanol–water partition coefficient (Wildman–Crippen LogP) is 1.52. The van der Waals surface area contributed by atoms with Crippen LogP contribution in [-0.4, -0.2) is 12.9 Å². The zero-order valence-electron chi connectivity index (χ0n) is 2.72. The molecule has 0 amide bonds. The zero-order chi connectivity index (χ0) is 5.21. The van der Waals surface area contributed by atoms with Crippen molar-refractivity contribution in [1.29, 1.82) is 0 Å². The van der Waals surface area contributed by atoms with Gasteiger partial charge in [0.1, 0.15) is 0 Å². The van der Waals surface area contributed by atoms with Crippen LogP contribution in [0.1, 0.15) is 0 Å². The third-order valence-corrected chi connectivity index (χ3v) is 0.152. The SMILES string of the molecule is FC(F)(F)C[17F]. The average Bonchev–Trinajstić information content (AvgIpc) is 1.35. The highest BCUT2D eigenvalue weighted by atomic mass is 19.4. The molecule has 0 aliphatic carbocycles. The van der Waals surface area contributed by atoms with Crippen molar-refractivity contribution in [3.63, 3.8) is 0 Å². The van der Waals surface area contributed by atoms with Gasteiger partial charge >= 0.3 is 6.18 Å². The van der Waals surface area contributed by atoms with Crippen molar-refractivity contribution < 1.29 is 17.6 Å². The first-order chi connectivity index (χ1) is 2.56. The second-order valence-corrected chi connectivity index (χ2v) is 0.749.